The second kappa shape index (κ2) is 7.31. The van der Waals surface area contributed by atoms with Crippen molar-refractivity contribution < 1.29 is 9.53 Å². The van der Waals surface area contributed by atoms with Crippen LogP contribution in [0.15, 0.2) is 36.7 Å². The zero-order valence-electron chi connectivity index (χ0n) is 12.9. The summed E-state index contributed by atoms with van der Waals surface area (Å²) < 4.78 is 6.70. The largest absolute Gasteiger partial charge is 0.497 e. The highest BCUT2D eigenvalue weighted by atomic mass is 35.5. The fraction of sp³-hybridized carbons (Fsp3) is 0.375. The third-order valence-electron chi connectivity index (χ3n) is 3.59. The summed E-state index contributed by atoms with van der Waals surface area (Å²) in [5.74, 6) is 0.701. The Morgan fingerprint density at radius 1 is 1.41 bits per heavy atom. The number of rotatable bonds is 6. The Labute approximate surface area is 135 Å². The lowest BCUT2D eigenvalue weighted by atomic mass is 10.0. The van der Waals surface area contributed by atoms with Crippen molar-refractivity contribution in [3.05, 3.63) is 47.2 Å². The molecule has 0 spiro atoms. The highest BCUT2D eigenvalue weighted by Crippen LogP contribution is 2.21. The summed E-state index contributed by atoms with van der Waals surface area (Å²) in [6.45, 7) is 3.82. The monoisotopic (exact) mass is 321 g/mol. The van der Waals surface area contributed by atoms with E-state index in [1.807, 2.05) is 31.2 Å². The standard InChI is InChI=1S/C16H20ClN3O2/c1-4-15(12-5-7-14(22-3)8-6-12)19-16(21)11(2)20-10-13(17)9-18-20/h5-11,15H,4H2,1-3H3,(H,19,21). The molecule has 1 amide bonds. The summed E-state index contributed by atoms with van der Waals surface area (Å²) in [6.07, 6.45) is 3.96. The fourth-order valence-corrected chi connectivity index (χ4v) is 2.34. The Bertz CT molecular complexity index is 625. The maximum Gasteiger partial charge on any atom is 0.245 e. The van der Waals surface area contributed by atoms with Crippen molar-refractivity contribution in [2.45, 2.75) is 32.4 Å². The number of hydrogen-bond acceptors (Lipinski definition) is 3. The molecule has 0 bridgehead atoms. The van der Waals surface area contributed by atoms with Crippen LogP contribution in [0.1, 0.15) is 37.9 Å². The van der Waals surface area contributed by atoms with Crippen LogP contribution < -0.4 is 10.1 Å². The summed E-state index contributed by atoms with van der Waals surface area (Å²) >= 11 is 5.84. The first-order valence-electron chi connectivity index (χ1n) is 7.19. The molecule has 2 rings (SSSR count). The van der Waals surface area contributed by atoms with Gasteiger partial charge in [-0.2, -0.15) is 5.10 Å². The third-order valence-corrected chi connectivity index (χ3v) is 3.78. The Morgan fingerprint density at radius 2 is 2.09 bits per heavy atom. The van der Waals surface area contributed by atoms with Gasteiger partial charge in [-0.15, -0.1) is 0 Å². The number of aromatic nitrogens is 2. The quantitative estimate of drug-likeness (QED) is 0.887. The van der Waals surface area contributed by atoms with E-state index in [-0.39, 0.29) is 11.9 Å². The second-order valence-electron chi connectivity index (χ2n) is 5.06. The minimum Gasteiger partial charge on any atom is -0.497 e. The molecule has 1 aromatic carbocycles. The van der Waals surface area contributed by atoms with E-state index in [2.05, 4.69) is 10.4 Å². The first kappa shape index (κ1) is 16.4. The highest BCUT2D eigenvalue weighted by molar-refractivity contribution is 6.30. The number of halogens is 1. The predicted octanol–water partition coefficient (Wildman–Crippen LogP) is 3.37. The van der Waals surface area contributed by atoms with Crippen molar-refractivity contribution in [2.24, 2.45) is 0 Å². The van der Waals surface area contributed by atoms with Gasteiger partial charge >= 0.3 is 0 Å². The first-order chi connectivity index (χ1) is 10.5. The van der Waals surface area contributed by atoms with Crippen LogP contribution in [0.3, 0.4) is 0 Å². The summed E-state index contributed by atoms with van der Waals surface area (Å²) in [5.41, 5.74) is 1.04. The fourth-order valence-electron chi connectivity index (χ4n) is 2.20. The summed E-state index contributed by atoms with van der Waals surface area (Å²) in [4.78, 5) is 12.4. The van der Waals surface area contributed by atoms with E-state index >= 15 is 0 Å². The van der Waals surface area contributed by atoms with Gasteiger partial charge in [0.05, 0.1) is 24.4 Å². The maximum absolute atomic E-state index is 12.4. The predicted molar refractivity (Wildman–Crippen MR) is 86.1 cm³/mol. The molecule has 0 saturated carbocycles. The molecule has 0 fully saturated rings. The number of carbonyl (C=O) groups excluding carboxylic acids is 1. The molecule has 2 atom stereocenters. The van der Waals surface area contributed by atoms with Crippen LogP contribution in [-0.2, 0) is 4.79 Å². The lowest BCUT2D eigenvalue weighted by molar-refractivity contribution is -0.124. The smallest absolute Gasteiger partial charge is 0.245 e. The van der Waals surface area contributed by atoms with Crippen LogP contribution >= 0.6 is 11.6 Å². The van der Waals surface area contributed by atoms with Crippen LogP contribution in [0.5, 0.6) is 5.75 Å². The molecule has 22 heavy (non-hydrogen) atoms. The van der Waals surface area contributed by atoms with Gasteiger partial charge in [0.2, 0.25) is 5.91 Å². The summed E-state index contributed by atoms with van der Waals surface area (Å²) in [6, 6.07) is 7.24. The number of amides is 1. The molecule has 2 aromatic rings. The van der Waals surface area contributed by atoms with Gasteiger partial charge in [0.15, 0.2) is 0 Å². The molecule has 5 nitrogen and oxygen atoms in total. The van der Waals surface area contributed by atoms with E-state index in [1.54, 1.807) is 24.9 Å². The Balaban J connectivity index is 2.06. The zero-order chi connectivity index (χ0) is 16.1. The normalized spacial score (nSPS) is 13.5. The Kier molecular flexibility index (Phi) is 5.44. The van der Waals surface area contributed by atoms with E-state index in [4.69, 9.17) is 16.3 Å². The van der Waals surface area contributed by atoms with Crippen molar-refractivity contribution in [3.63, 3.8) is 0 Å². The highest BCUT2D eigenvalue weighted by Gasteiger charge is 2.20. The van der Waals surface area contributed by atoms with Crippen LogP contribution in [0.25, 0.3) is 0 Å². The van der Waals surface area contributed by atoms with Gasteiger partial charge in [0.1, 0.15) is 11.8 Å². The van der Waals surface area contributed by atoms with Crippen molar-refractivity contribution in [2.75, 3.05) is 7.11 Å². The first-order valence-corrected chi connectivity index (χ1v) is 7.57. The van der Waals surface area contributed by atoms with Crippen molar-refractivity contribution >= 4 is 17.5 Å². The molecule has 1 aromatic heterocycles. The number of carbonyl (C=O) groups is 1. The van der Waals surface area contributed by atoms with Gasteiger partial charge < -0.3 is 10.1 Å². The van der Waals surface area contributed by atoms with Crippen LogP contribution in [0.2, 0.25) is 5.02 Å². The number of nitrogens with one attached hydrogen (secondary N) is 1. The average Bonchev–Trinajstić information content (AvgIpc) is 2.98. The minimum atomic E-state index is -0.417. The Hall–Kier alpha value is -2.01. The lowest BCUT2D eigenvalue weighted by Gasteiger charge is -2.20. The summed E-state index contributed by atoms with van der Waals surface area (Å²) in [7, 11) is 1.63. The van der Waals surface area contributed by atoms with Crippen molar-refractivity contribution in [3.8, 4) is 5.75 Å². The van der Waals surface area contributed by atoms with Gasteiger partial charge in [-0.1, -0.05) is 30.7 Å². The third kappa shape index (κ3) is 3.80. The van der Waals surface area contributed by atoms with Gasteiger partial charge in [-0.3, -0.25) is 9.48 Å². The molecule has 6 heteroatoms. The Morgan fingerprint density at radius 3 is 2.59 bits per heavy atom. The molecule has 0 aliphatic carbocycles. The van der Waals surface area contributed by atoms with Crippen molar-refractivity contribution in [1.82, 2.24) is 15.1 Å². The minimum absolute atomic E-state index is 0.0492. The SMILES string of the molecule is CCC(NC(=O)C(C)n1cc(Cl)cn1)c1ccc(OC)cc1. The molecule has 0 aliphatic heterocycles. The average molecular weight is 322 g/mol. The van der Waals surface area contributed by atoms with E-state index < -0.39 is 6.04 Å². The maximum atomic E-state index is 12.4. The molecular weight excluding hydrogens is 302 g/mol. The molecule has 0 radical (unpaired) electrons. The second-order valence-corrected chi connectivity index (χ2v) is 5.49. The van der Waals surface area contributed by atoms with E-state index in [0.29, 0.717) is 5.02 Å². The van der Waals surface area contributed by atoms with Crippen molar-refractivity contribution in [1.29, 1.82) is 0 Å². The van der Waals surface area contributed by atoms with E-state index in [9.17, 15) is 4.79 Å². The molecule has 2 unspecified atom stereocenters. The molecule has 0 saturated heterocycles. The number of nitrogens with zero attached hydrogens (tertiary/aromatic N) is 2. The number of hydrogen-bond donors (Lipinski definition) is 1. The lowest BCUT2D eigenvalue weighted by Crippen LogP contribution is -2.34. The van der Waals surface area contributed by atoms with Gasteiger partial charge in [-0.05, 0) is 31.0 Å². The van der Waals surface area contributed by atoms with Crippen LogP contribution in [0.4, 0.5) is 0 Å². The van der Waals surface area contributed by atoms with Gasteiger partial charge in [0, 0.05) is 6.20 Å². The number of benzene rings is 1. The van der Waals surface area contributed by atoms with Crippen LogP contribution in [0, 0.1) is 0 Å². The number of ether oxygens (including phenoxy) is 1. The van der Waals surface area contributed by atoms with E-state index in [0.717, 1.165) is 17.7 Å². The molecule has 0 aliphatic rings. The molecule has 118 valence electrons. The van der Waals surface area contributed by atoms with Gasteiger partial charge in [-0.25, -0.2) is 0 Å². The van der Waals surface area contributed by atoms with Gasteiger partial charge in [0.25, 0.3) is 0 Å². The number of methoxy groups -OCH3 is 1. The van der Waals surface area contributed by atoms with Crippen LogP contribution in [-0.4, -0.2) is 22.8 Å². The zero-order valence-corrected chi connectivity index (χ0v) is 13.7. The molecule has 1 N–H and O–H groups in total. The topological polar surface area (TPSA) is 56.2 Å². The van der Waals surface area contributed by atoms with E-state index in [1.165, 1.54) is 6.20 Å². The summed E-state index contributed by atoms with van der Waals surface area (Å²) in [5, 5.41) is 7.63. The molecule has 1 heterocycles. The molecular formula is C16H20ClN3O2.